The Morgan fingerprint density at radius 1 is 1.27 bits per heavy atom. The molecule has 0 aromatic carbocycles. The fourth-order valence-electron chi connectivity index (χ4n) is 3.64. The molecule has 6 nitrogen and oxygen atoms in total. The molecule has 2 aromatic rings. The summed E-state index contributed by atoms with van der Waals surface area (Å²) in [4.78, 5) is 13.8. The molecule has 0 radical (unpaired) electrons. The van der Waals surface area contributed by atoms with Gasteiger partial charge in [0.05, 0.1) is 11.8 Å². The number of hydrogen-bond donors (Lipinski definition) is 1. The van der Waals surface area contributed by atoms with Crippen LogP contribution in [0.2, 0.25) is 0 Å². The minimum atomic E-state index is -0.526. The quantitative estimate of drug-likeness (QED) is 0.826. The second-order valence-electron chi connectivity index (χ2n) is 7.49. The fourth-order valence-corrected chi connectivity index (χ4v) is 3.64. The Labute approximate surface area is 156 Å². The minimum Gasteiger partial charge on any atom is -0.387 e. The van der Waals surface area contributed by atoms with Crippen molar-refractivity contribution in [1.29, 1.82) is 0 Å². The number of rotatable bonds is 7. The van der Waals surface area contributed by atoms with Crippen LogP contribution >= 0.6 is 0 Å². The van der Waals surface area contributed by atoms with Crippen LogP contribution in [0.3, 0.4) is 0 Å². The maximum absolute atomic E-state index is 9.75. The fraction of sp³-hybridized carbons (Fsp3) is 0.600. The van der Waals surface area contributed by atoms with E-state index in [2.05, 4.69) is 44.6 Å². The van der Waals surface area contributed by atoms with Gasteiger partial charge in [-0.3, -0.25) is 0 Å². The van der Waals surface area contributed by atoms with Crippen LogP contribution in [0.15, 0.2) is 30.6 Å². The standard InChI is InChI=1S/C20H31N5O/c1-16(26)18-6-4-7-19(22-18)24-13-8-17(9-14-24)20-21-10-15-25(20)12-5-11-23(2)3/h4,6-7,10,15-17,26H,5,8-9,11-14H2,1-3H3/t16-/m1/s1. The number of hydrogen-bond acceptors (Lipinski definition) is 5. The topological polar surface area (TPSA) is 57.4 Å². The van der Waals surface area contributed by atoms with Crippen LogP contribution in [0, 0.1) is 0 Å². The highest BCUT2D eigenvalue weighted by Crippen LogP contribution is 2.29. The van der Waals surface area contributed by atoms with E-state index < -0.39 is 6.10 Å². The van der Waals surface area contributed by atoms with Gasteiger partial charge in [0, 0.05) is 37.9 Å². The van der Waals surface area contributed by atoms with Gasteiger partial charge in [-0.05, 0) is 59.0 Å². The lowest BCUT2D eigenvalue weighted by molar-refractivity contribution is 0.194. The first-order chi connectivity index (χ1) is 12.5. The van der Waals surface area contributed by atoms with E-state index in [4.69, 9.17) is 0 Å². The Kier molecular flexibility index (Phi) is 6.27. The molecule has 26 heavy (non-hydrogen) atoms. The molecule has 0 unspecified atom stereocenters. The van der Waals surface area contributed by atoms with Crippen molar-refractivity contribution < 1.29 is 5.11 Å². The number of aryl methyl sites for hydroxylation is 1. The maximum atomic E-state index is 9.75. The van der Waals surface area contributed by atoms with Gasteiger partial charge in [-0.15, -0.1) is 0 Å². The Morgan fingerprint density at radius 3 is 2.73 bits per heavy atom. The van der Waals surface area contributed by atoms with Gasteiger partial charge in [0.1, 0.15) is 11.6 Å². The summed E-state index contributed by atoms with van der Waals surface area (Å²) in [5.74, 6) is 2.71. The Hall–Kier alpha value is -1.92. The molecule has 1 N–H and O–H groups in total. The SMILES string of the molecule is C[C@@H](O)c1cccc(N2CCC(c3nccn3CCCN(C)C)CC2)n1. The van der Waals surface area contributed by atoms with Crippen molar-refractivity contribution in [2.75, 3.05) is 38.6 Å². The van der Waals surface area contributed by atoms with Crippen LogP contribution in [-0.2, 0) is 6.54 Å². The van der Waals surface area contributed by atoms with E-state index in [-0.39, 0.29) is 0 Å². The van der Waals surface area contributed by atoms with E-state index in [0.29, 0.717) is 5.92 Å². The number of piperidine rings is 1. The molecular formula is C20H31N5O. The molecule has 3 heterocycles. The maximum Gasteiger partial charge on any atom is 0.128 e. The number of nitrogens with zero attached hydrogens (tertiary/aromatic N) is 5. The van der Waals surface area contributed by atoms with E-state index in [1.54, 1.807) is 6.92 Å². The molecule has 2 aromatic heterocycles. The predicted molar refractivity (Wildman–Crippen MR) is 104 cm³/mol. The van der Waals surface area contributed by atoms with Gasteiger partial charge in [0.25, 0.3) is 0 Å². The molecule has 0 saturated carbocycles. The van der Waals surface area contributed by atoms with Crippen molar-refractivity contribution in [3.63, 3.8) is 0 Å². The summed E-state index contributed by atoms with van der Waals surface area (Å²) in [7, 11) is 4.23. The van der Waals surface area contributed by atoms with Crippen molar-refractivity contribution in [3.8, 4) is 0 Å². The van der Waals surface area contributed by atoms with Crippen molar-refractivity contribution >= 4 is 5.82 Å². The summed E-state index contributed by atoms with van der Waals surface area (Å²) in [6.07, 6.45) is 6.85. The van der Waals surface area contributed by atoms with Gasteiger partial charge in [0.2, 0.25) is 0 Å². The van der Waals surface area contributed by atoms with Crippen molar-refractivity contribution in [3.05, 3.63) is 42.1 Å². The smallest absolute Gasteiger partial charge is 0.128 e. The Bertz CT molecular complexity index is 689. The van der Waals surface area contributed by atoms with Crippen LogP contribution in [-0.4, -0.2) is 58.3 Å². The van der Waals surface area contributed by atoms with Gasteiger partial charge < -0.3 is 19.5 Å². The third-order valence-corrected chi connectivity index (χ3v) is 5.12. The average molecular weight is 358 g/mol. The number of aromatic nitrogens is 3. The number of pyridine rings is 1. The summed E-state index contributed by atoms with van der Waals surface area (Å²) in [5, 5.41) is 9.75. The van der Waals surface area contributed by atoms with E-state index in [0.717, 1.165) is 57.0 Å². The van der Waals surface area contributed by atoms with E-state index >= 15 is 0 Å². The summed E-state index contributed by atoms with van der Waals surface area (Å²) in [6, 6.07) is 5.90. The number of anilines is 1. The zero-order valence-corrected chi connectivity index (χ0v) is 16.2. The summed E-state index contributed by atoms with van der Waals surface area (Å²) >= 11 is 0. The van der Waals surface area contributed by atoms with Crippen molar-refractivity contribution in [1.82, 2.24) is 19.4 Å². The van der Waals surface area contributed by atoms with Gasteiger partial charge in [0.15, 0.2) is 0 Å². The first kappa shape index (κ1) is 18.9. The molecule has 1 saturated heterocycles. The zero-order valence-electron chi connectivity index (χ0n) is 16.2. The van der Waals surface area contributed by atoms with E-state index in [1.165, 1.54) is 5.82 Å². The molecule has 6 heteroatoms. The Balaban J connectivity index is 1.59. The van der Waals surface area contributed by atoms with Crippen LogP contribution in [0.25, 0.3) is 0 Å². The lowest BCUT2D eigenvalue weighted by Gasteiger charge is -2.33. The summed E-state index contributed by atoms with van der Waals surface area (Å²) in [5.41, 5.74) is 0.737. The van der Waals surface area contributed by atoms with Crippen LogP contribution in [0.5, 0.6) is 0 Å². The molecule has 0 bridgehead atoms. The molecule has 1 aliphatic rings. The highest BCUT2D eigenvalue weighted by atomic mass is 16.3. The first-order valence-corrected chi connectivity index (χ1v) is 9.60. The van der Waals surface area contributed by atoms with Gasteiger partial charge >= 0.3 is 0 Å². The largest absolute Gasteiger partial charge is 0.387 e. The molecule has 0 spiro atoms. The van der Waals surface area contributed by atoms with Gasteiger partial charge in [-0.1, -0.05) is 6.07 Å². The summed E-state index contributed by atoms with van der Waals surface area (Å²) in [6.45, 7) is 5.85. The third kappa shape index (κ3) is 4.62. The van der Waals surface area contributed by atoms with Crippen LogP contribution in [0.1, 0.15) is 49.7 Å². The molecule has 142 valence electrons. The zero-order chi connectivity index (χ0) is 18.5. The normalized spacial score (nSPS) is 17.0. The van der Waals surface area contributed by atoms with E-state index in [1.807, 2.05) is 24.4 Å². The molecule has 0 aliphatic carbocycles. The molecule has 0 amide bonds. The predicted octanol–water partition coefficient (Wildman–Crippen LogP) is 2.67. The molecular weight excluding hydrogens is 326 g/mol. The average Bonchev–Trinajstić information content (AvgIpc) is 3.10. The number of aliphatic hydroxyl groups excluding tert-OH is 1. The number of aliphatic hydroxyl groups is 1. The minimum absolute atomic E-state index is 0.514. The highest BCUT2D eigenvalue weighted by Gasteiger charge is 2.24. The number of imidazole rings is 1. The third-order valence-electron chi connectivity index (χ3n) is 5.12. The van der Waals surface area contributed by atoms with Gasteiger partial charge in [-0.25, -0.2) is 9.97 Å². The second kappa shape index (κ2) is 8.64. The van der Waals surface area contributed by atoms with Crippen LogP contribution < -0.4 is 4.90 Å². The van der Waals surface area contributed by atoms with Crippen molar-refractivity contribution in [2.24, 2.45) is 0 Å². The monoisotopic (exact) mass is 357 g/mol. The Morgan fingerprint density at radius 2 is 2.04 bits per heavy atom. The van der Waals surface area contributed by atoms with Crippen LogP contribution in [0.4, 0.5) is 5.82 Å². The first-order valence-electron chi connectivity index (χ1n) is 9.60. The molecule has 1 atom stereocenters. The summed E-state index contributed by atoms with van der Waals surface area (Å²) < 4.78 is 2.33. The second-order valence-corrected chi connectivity index (χ2v) is 7.49. The molecule has 1 aliphatic heterocycles. The van der Waals surface area contributed by atoms with Crippen molar-refractivity contribution in [2.45, 2.75) is 44.8 Å². The molecule has 1 fully saturated rings. The van der Waals surface area contributed by atoms with E-state index in [9.17, 15) is 5.11 Å². The lowest BCUT2D eigenvalue weighted by Crippen LogP contribution is -2.34. The lowest BCUT2D eigenvalue weighted by atomic mass is 9.95. The van der Waals surface area contributed by atoms with Gasteiger partial charge in [-0.2, -0.15) is 0 Å². The molecule has 3 rings (SSSR count). The highest BCUT2D eigenvalue weighted by molar-refractivity contribution is 5.40.